The van der Waals surface area contributed by atoms with Gasteiger partial charge >= 0.3 is 0 Å². The molecule has 1 aliphatic carbocycles. The summed E-state index contributed by atoms with van der Waals surface area (Å²) in [7, 11) is 0. The molecule has 0 amide bonds. The largest absolute Gasteiger partial charge is 0.294 e. The lowest BCUT2D eigenvalue weighted by molar-refractivity contribution is 0.0919. The predicted octanol–water partition coefficient (Wildman–Crippen LogP) is 4.48. The molecule has 0 saturated heterocycles. The fourth-order valence-corrected chi connectivity index (χ4v) is 3.07. The summed E-state index contributed by atoms with van der Waals surface area (Å²) >= 11 is 0. The van der Waals surface area contributed by atoms with Gasteiger partial charge in [0.2, 0.25) is 0 Å². The van der Waals surface area contributed by atoms with E-state index >= 15 is 0 Å². The normalized spacial score (nSPS) is 24.5. The van der Waals surface area contributed by atoms with Gasteiger partial charge in [-0.05, 0) is 18.3 Å². The first-order valence-corrected chi connectivity index (χ1v) is 6.89. The average Bonchev–Trinajstić information content (AvgIpc) is 2.40. The third-order valence-corrected chi connectivity index (χ3v) is 4.13. The number of hydrogen-bond acceptors (Lipinski definition) is 1. The van der Waals surface area contributed by atoms with E-state index < -0.39 is 0 Å². The van der Waals surface area contributed by atoms with E-state index in [1.807, 2.05) is 30.3 Å². The van der Waals surface area contributed by atoms with Gasteiger partial charge in [-0.1, -0.05) is 62.9 Å². The Morgan fingerprint density at radius 2 is 1.76 bits per heavy atom. The molecule has 0 heterocycles. The van der Waals surface area contributed by atoms with E-state index in [2.05, 4.69) is 6.92 Å². The van der Waals surface area contributed by atoms with Crippen molar-refractivity contribution in [3.05, 3.63) is 35.9 Å². The van der Waals surface area contributed by atoms with E-state index in [-0.39, 0.29) is 0 Å². The summed E-state index contributed by atoms with van der Waals surface area (Å²) in [4.78, 5) is 12.2. The van der Waals surface area contributed by atoms with E-state index in [9.17, 15) is 4.79 Å². The molecule has 1 fully saturated rings. The third kappa shape index (κ3) is 3.18. The van der Waals surface area contributed by atoms with Crippen LogP contribution in [0.2, 0.25) is 0 Å². The molecule has 2 unspecified atom stereocenters. The van der Waals surface area contributed by atoms with Crippen LogP contribution < -0.4 is 0 Å². The highest BCUT2D eigenvalue weighted by atomic mass is 16.1. The van der Waals surface area contributed by atoms with Crippen LogP contribution in [0.25, 0.3) is 0 Å². The van der Waals surface area contributed by atoms with Gasteiger partial charge in [-0.3, -0.25) is 4.79 Å². The van der Waals surface area contributed by atoms with E-state index in [1.54, 1.807) is 0 Å². The van der Waals surface area contributed by atoms with Crippen molar-refractivity contribution in [3.63, 3.8) is 0 Å². The zero-order valence-electron chi connectivity index (χ0n) is 10.7. The molecule has 1 aromatic carbocycles. The highest BCUT2D eigenvalue weighted by Crippen LogP contribution is 2.35. The van der Waals surface area contributed by atoms with Crippen LogP contribution in [0.1, 0.15) is 55.8 Å². The molecule has 1 aromatic rings. The summed E-state index contributed by atoms with van der Waals surface area (Å²) in [5.41, 5.74) is 0.882. The topological polar surface area (TPSA) is 17.1 Å². The molecular weight excluding hydrogens is 208 g/mol. The maximum absolute atomic E-state index is 12.2. The Balaban J connectivity index is 1.98. The first-order valence-electron chi connectivity index (χ1n) is 6.89. The van der Waals surface area contributed by atoms with Crippen molar-refractivity contribution < 1.29 is 4.79 Å². The van der Waals surface area contributed by atoms with E-state index in [0.29, 0.717) is 11.7 Å². The Hall–Kier alpha value is -1.11. The molecule has 1 saturated carbocycles. The van der Waals surface area contributed by atoms with Crippen LogP contribution in [0.4, 0.5) is 0 Å². The smallest absolute Gasteiger partial charge is 0.163 e. The standard InChI is InChI=1S/C16H22O/c1-2-13-8-6-7-11-15(13)12-16(17)14-9-4-3-5-10-14/h3-5,9-10,13,15H,2,6-8,11-12H2,1H3. The van der Waals surface area contributed by atoms with Gasteiger partial charge in [0.05, 0.1) is 0 Å². The van der Waals surface area contributed by atoms with Crippen molar-refractivity contribution in [3.8, 4) is 0 Å². The second-order valence-electron chi connectivity index (χ2n) is 5.21. The summed E-state index contributed by atoms with van der Waals surface area (Å²) in [5, 5.41) is 0. The summed E-state index contributed by atoms with van der Waals surface area (Å²) in [6.45, 7) is 2.26. The Labute approximate surface area is 104 Å². The lowest BCUT2D eigenvalue weighted by Gasteiger charge is -2.30. The molecule has 0 spiro atoms. The van der Waals surface area contributed by atoms with Crippen LogP contribution in [0.15, 0.2) is 30.3 Å². The van der Waals surface area contributed by atoms with Gasteiger partial charge in [-0.25, -0.2) is 0 Å². The van der Waals surface area contributed by atoms with Crippen LogP contribution >= 0.6 is 0 Å². The summed E-state index contributed by atoms with van der Waals surface area (Å²) in [6, 6.07) is 9.74. The number of carbonyl (C=O) groups excluding carboxylic acids is 1. The molecule has 2 atom stereocenters. The SMILES string of the molecule is CCC1CCCCC1CC(=O)c1ccccc1. The van der Waals surface area contributed by atoms with Crippen molar-refractivity contribution in [1.82, 2.24) is 0 Å². The number of benzene rings is 1. The molecule has 0 N–H and O–H groups in total. The fraction of sp³-hybridized carbons (Fsp3) is 0.562. The van der Waals surface area contributed by atoms with E-state index in [4.69, 9.17) is 0 Å². The van der Waals surface area contributed by atoms with Crippen molar-refractivity contribution in [2.75, 3.05) is 0 Å². The number of Topliss-reactive ketones (excluding diaryl/α,β-unsaturated/α-hetero) is 1. The molecule has 1 heteroatoms. The molecule has 0 bridgehead atoms. The van der Waals surface area contributed by atoms with Crippen LogP contribution in [0.5, 0.6) is 0 Å². The van der Waals surface area contributed by atoms with Gasteiger partial charge in [0, 0.05) is 12.0 Å². The van der Waals surface area contributed by atoms with Gasteiger partial charge in [-0.2, -0.15) is 0 Å². The minimum Gasteiger partial charge on any atom is -0.294 e. The minimum atomic E-state index is 0.330. The molecular formula is C16H22O. The Morgan fingerprint density at radius 3 is 2.41 bits per heavy atom. The minimum absolute atomic E-state index is 0.330. The third-order valence-electron chi connectivity index (χ3n) is 4.13. The van der Waals surface area contributed by atoms with Gasteiger partial charge < -0.3 is 0 Å². The number of hydrogen-bond donors (Lipinski definition) is 0. The zero-order valence-corrected chi connectivity index (χ0v) is 10.7. The lowest BCUT2D eigenvalue weighted by atomic mass is 9.75. The molecule has 1 nitrogen and oxygen atoms in total. The van der Waals surface area contributed by atoms with Crippen LogP contribution in [0, 0.1) is 11.8 Å². The molecule has 0 radical (unpaired) electrons. The second kappa shape index (κ2) is 6.00. The van der Waals surface area contributed by atoms with E-state index in [1.165, 1.54) is 32.1 Å². The Kier molecular flexibility index (Phi) is 4.36. The average molecular weight is 230 g/mol. The Morgan fingerprint density at radius 1 is 1.12 bits per heavy atom. The highest BCUT2D eigenvalue weighted by Gasteiger charge is 2.25. The Bertz CT molecular complexity index is 355. The van der Waals surface area contributed by atoms with Crippen molar-refractivity contribution >= 4 is 5.78 Å². The van der Waals surface area contributed by atoms with E-state index in [0.717, 1.165) is 17.9 Å². The number of carbonyl (C=O) groups is 1. The molecule has 2 rings (SSSR count). The monoisotopic (exact) mass is 230 g/mol. The molecule has 92 valence electrons. The van der Waals surface area contributed by atoms with Crippen molar-refractivity contribution in [1.29, 1.82) is 0 Å². The predicted molar refractivity (Wildman–Crippen MR) is 71.1 cm³/mol. The van der Waals surface area contributed by atoms with Crippen LogP contribution in [0.3, 0.4) is 0 Å². The molecule has 0 aliphatic heterocycles. The number of rotatable bonds is 4. The summed E-state index contributed by atoms with van der Waals surface area (Å²) in [5.74, 6) is 1.73. The quantitative estimate of drug-likeness (QED) is 0.697. The van der Waals surface area contributed by atoms with Crippen LogP contribution in [-0.4, -0.2) is 5.78 Å². The summed E-state index contributed by atoms with van der Waals surface area (Å²) < 4.78 is 0. The van der Waals surface area contributed by atoms with Gasteiger partial charge in [-0.15, -0.1) is 0 Å². The fourth-order valence-electron chi connectivity index (χ4n) is 3.07. The van der Waals surface area contributed by atoms with Gasteiger partial charge in [0.25, 0.3) is 0 Å². The lowest BCUT2D eigenvalue weighted by Crippen LogP contribution is -2.21. The summed E-state index contributed by atoms with van der Waals surface area (Å²) in [6.07, 6.45) is 7.22. The molecule has 1 aliphatic rings. The maximum atomic E-state index is 12.2. The highest BCUT2D eigenvalue weighted by molar-refractivity contribution is 5.96. The van der Waals surface area contributed by atoms with Crippen molar-refractivity contribution in [2.24, 2.45) is 11.8 Å². The molecule has 0 aromatic heterocycles. The van der Waals surface area contributed by atoms with Crippen LogP contribution in [-0.2, 0) is 0 Å². The number of ketones is 1. The van der Waals surface area contributed by atoms with Crippen molar-refractivity contribution in [2.45, 2.75) is 45.4 Å². The molecule has 17 heavy (non-hydrogen) atoms. The van der Waals surface area contributed by atoms with Gasteiger partial charge in [0.15, 0.2) is 5.78 Å². The first kappa shape index (κ1) is 12.3. The first-order chi connectivity index (χ1) is 8.31. The maximum Gasteiger partial charge on any atom is 0.163 e. The van der Waals surface area contributed by atoms with Gasteiger partial charge in [0.1, 0.15) is 0 Å². The zero-order chi connectivity index (χ0) is 12.1. The second-order valence-corrected chi connectivity index (χ2v) is 5.21.